The molecule has 0 aliphatic carbocycles. The minimum atomic E-state index is -0.486. The van der Waals surface area contributed by atoms with E-state index in [2.05, 4.69) is 5.32 Å². The molecule has 0 aromatic heterocycles. The van der Waals surface area contributed by atoms with E-state index in [0.29, 0.717) is 18.0 Å². The van der Waals surface area contributed by atoms with Crippen LogP contribution in [0.3, 0.4) is 0 Å². The fourth-order valence-electron chi connectivity index (χ4n) is 0.854. The van der Waals surface area contributed by atoms with Gasteiger partial charge in [-0.2, -0.15) is 0 Å². The number of rotatable bonds is 2. The quantitative estimate of drug-likeness (QED) is 0.676. The Balaban J connectivity index is 2.63. The molecule has 0 heterocycles. The number of carbonyl (C=O) groups is 1. The third kappa shape index (κ3) is 2.66. The first-order valence-corrected chi connectivity index (χ1v) is 4.04. The Labute approximate surface area is 76.7 Å². The van der Waals surface area contributed by atoms with Crippen molar-refractivity contribution in [2.45, 2.75) is 6.92 Å². The van der Waals surface area contributed by atoms with Crippen LogP contribution in [0.5, 0.6) is 5.75 Å². The summed E-state index contributed by atoms with van der Waals surface area (Å²) in [5.41, 5.74) is 6.01. The maximum absolute atomic E-state index is 11.0. The van der Waals surface area contributed by atoms with E-state index in [1.165, 1.54) is 0 Å². The summed E-state index contributed by atoms with van der Waals surface area (Å²) in [7, 11) is 0. The number of benzene rings is 1. The van der Waals surface area contributed by atoms with E-state index >= 15 is 0 Å². The van der Waals surface area contributed by atoms with E-state index in [1.807, 2.05) is 6.92 Å². The number of nitrogens with one attached hydrogen (secondary N) is 1. The van der Waals surface area contributed by atoms with Gasteiger partial charge in [-0.3, -0.25) is 0 Å². The molecule has 4 nitrogen and oxygen atoms in total. The van der Waals surface area contributed by atoms with Gasteiger partial charge in [-0.1, -0.05) is 12.1 Å². The van der Waals surface area contributed by atoms with Crippen LogP contribution in [0.1, 0.15) is 6.92 Å². The summed E-state index contributed by atoms with van der Waals surface area (Å²) >= 11 is 0. The highest BCUT2D eigenvalue weighted by Gasteiger charge is 2.04. The van der Waals surface area contributed by atoms with Crippen LogP contribution in [0.25, 0.3) is 0 Å². The molecule has 0 saturated carbocycles. The van der Waals surface area contributed by atoms with Crippen LogP contribution in [-0.4, -0.2) is 12.6 Å². The summed E-state index contributed by atoms with van der Waals surface area (Å²) in [6.45, 7) is 2.35. The van der Waals surface area contributed by atoms with Crippen molar-refractivity contribution in [3.05, 3.63) is 24.3 Å². The van der Waals surface area contributed by atoms with Gasteiger partial charge in [0.1, 0.15) is 0 Å². The lowest BCUT2D eigenvalue weighted by molar-refractivity contribution is 0.201. The minimum absolute atomic E-state index is 0.383. The average Bonchev–Trinajstić information content (AvgIpc) is 2.09. The van der Waals surface area contributed by atoms with Crippen molar-refractivity contribution < 1.29 is 9.53 Å². The number of hydrogen-bond acceptors (Lipinski definition) is 3. The Morgan fingerprint density at radius 2 is 2.23 bits per heavy atom. The molecule has 0 aliphatic heterocycles. The topological polar surface area (TPSA) is 64.3 Å². The Kier molecular flexibility index (Phi) is 3.14. The van der Waals surface area contributed by atoms with Gasteiger partial charge in [-0.05, 0) is 19.1 Å². The van der Waals surface area contributed by atoms with Gasteiger partial charge in [0.2, 0.25) is 0 Å². The normalized spacial score (nSPS) is 9.31. The van der Waals surface area contributed by atoms with Gasteiger partial charge in [-0.15, -0.1) is 0 Å². The fraction of sp³-hybridized carbons (Fsp3) is 0.222. The second-order valence-electron chi connectivity index (χ2n) is 2.46. The molecule has 0 saturated heterocycles. The van der Waals surface area contributed by atoms with Crippen molar-refractivity contribution >= 4 is 11.8 Å². The van der Waals surface area contributed by atoms with Crippen LogP contribution in [-0.2, 0) is 0 Å². The Morgan fingerprint density at radius 1 is 1.54 bits per heavy atom. The van der Waals surface area contributed by atoms with Crippen LogP contribution in [0.2, 0.25) is 0 Å². The van der Waals surface area contributed by atoms with E-state index in [4.69, 9.17) is 10.5 Å². The maximum Gasteiger partial charge on any atom is 0.412 e. The molecular weight excluding hydrogens is 168 g/mol. The third-order valence-electron chi connectivity index (χ3n) is 1.44. The summed E-state index contributed by atoms with van der Waals surface area (Å²) in [5, 5.41) is 2.50. The van der Waals surface area contributed by atoms with Gasteiger partial charge in [0.25, 0.3) is 0 Å². The monoisotopic (exact) mass is 180 g/mol. The Morgan fingerprint density at radius 3 is 2.85 bits per heavy atom. The number of nitrogens with two attached hydrogens (primary N) is 1. The molecule has 1 rings (SSSR count). The first-order valence-electron chi connectivity index (χ1n) is 4.04. The zero-order chi connectivity index (χ0) is 9.68. The van der Waals surface area contributed by atoms with E-state index in [0.717, 1.165) is 0 Å². The van der Waals surface area contributed by atoms with Crippen molar-refractivity contribution in [3.8, 4) is 5.75 Å². The zero-order valence-corrected chi connectivity index (χ0v) is 7.41. The molecule has 1 amide bonds. The van der Waals surface area contributed by atoms with E-state index in [1.54, 1.807) is 24.3 Å². The molecule has 0 bridgehead atoms. The number of para-hydroxylation sites is 2. The summed E-state index contributed by atoms with van der Waals surface area (Å²) in [6, 6.07) is 6.85. The van der Waals surface area contributed by atoms with Crippen molar-refractivity contribution in [1.82, 2.24) is 5.32 Å². The van der Waals surface area contributed by atoms with Gasteiger partial charge in [0, 0.05) is 6.54 Å². The van der Waals surface area contributed by atoms with E-state index in [-0.39, 0.29) is 0 Å². The number of nitrogen functional groups attached to an aromatic ring is 1. The van der Waals surface area contributed by atoms with Crippen molar-refractivity contribution in [2.24, 2.45) is 0 Å². The number of ether oxygens (including phenoxy) is 1. The lowest BCUT2D eigenvalue weighted by Gasteiger charge is -2.06. The van der Waals surface area contributed by atoms with Crippen LogP contribution >= 0.6 is 0 Å². The second kappa shape index (κ2) is 4.35. The summed E-state index contributed by atoms with van der Waals surface area (Å²) in [5.74, 6) is 0.383. The SMILES string of the molecule is CCNC(=O)Oc1ccccc1N. The minimum Gasteiger partial charge on any atom is -0.408 e. The molecule has 1 aromatic carbocycles. The van der Waals surface area contributed by atoms with Crippen LogP contribution in [0.15, 0.2) is 24.3 Å². The predicted octanol–water partition coefficient (Wildman–Crippen LogP) is 1.38. The standard InChI is InChI=1S/C9H12N2O2/c1-2-11-9(12)13-8-6-4-3-5-7(8)10/h3-6H,2,10H2,1H3,(H,11,12). The van der Waals surface area contributed by atoms with Gasteiger partial charge in [0.05, 0.1) is 5.69 Å². The molecule has 70 valence electrons. The first-order chi connectivity index (χ1) is 6.24. The first kappa shape index (κ1) is 9.38. The highest BCUT2D eigenvalue weighted by Crippen LogP contribution is 2.19. The molecule has 13 heavy (non-hydrogen) atoms. The number of carbonyl (C=O) groups excluding carboxylic acids is 1. The average molecular weight is 180 g/mol. The Bertz CT molecular complexity index is 299. The molecule has 0 spiro atoms. The second-order valence-corrected chi connectivity index (χ2v) is 2.46. The molecular formula is C9H12N2O2. The maximum atomic E-state index is 11.0. The van der Waals surface area contributed by atoms with Gasteiger partial charge < -0.3 is 15.8 Å². The number of anilines is 1. The predicted molar refractivity (Wildman–Crippen MR) is 50.6 cm³/mol. The molecule has 0 radical (unpaired) electrons. The number of hydrogen-bond donors (Lipinski definition) is 2. The van der Waals surface area contributed by atoms with E-state index < -0.39 is 6.09 Å². The Hall–Kier alpha value is -1.71. The summed E-state index contributed by atoms with van der Waals surface area (Å²) in [6.07, 6.45) is -0.486. The van der Waals surface area contributed by atoms with Crippen molar-refractivity contribution in [2.75, 3.05) is 12.3 Å². The molecule has 0 atom stereocenters. The van der Waals surface area contributed by atoms with E-state index in [9.17, 15) is 4.79 Å². The molecule has 1 aromatic rings. The van der Waals surface area contributed by atoms with Gasteiger partial charge in [0.15, 0.2) is 5.75 Å². The molecule has 4 heteroatoms. The van der Waals surface area contributed by atoms with Crippen molar-refractivity contribution in [1.29, 1.82) is 0 Å². The van der Waals surface area contributed by atoms with Crippen LogP contribution < -0.4 is 15.8 Å². The molecule has 3 N–H and O–H groups in total. The zero-order valence-electron chi connectivity index (χ0n) is 7.41. The van der Waals surface area contributed by atoms with Crippen LogP contribution in [0, 0.1) is 0 Å². The smallest absolute Gasteiger partial charge is 0.408 e. The van der Waals surface area contributed by atoms with Gasteiger partial charge >= 0.3 is 6.09 Å². The highest BCUT2D eigenvalue weighted by atomic mass is 16.6. The van der Waals surface area contributed by atoms with Crippen molar-refractivity contribution in [3.63, 3.8) is 0 Å². The summed E-state index contributed by atoms with van der Waals surface area (Å²) in [4.78, 5) is 11.0. The third-order valence-corrected chi connectivity index (χ3v) is 1.44. The number of amides is 1. The van der Waals surface area contributed by atoms with Crippen LogP contribution in [0.4, 0.5) is 10.5 Å². The lowest BCUT2D eigenvalue weighted by atomic mass is 10.3. The van der Waals surface area contributed by atoms with Gasteiger partial charge in [-0.25, -0.2) is 4.79 Å². The summed E-state index contributed by atoms with van der Waals surface area (Å²) < 4.78 is 4.91. The molecule has 0 aliphatic rings. The lowest BCUT2D eigenvalue weighted by Crippen LogP contribution is -2.26. The largest absolute Gasteiger partial charge is 0.412 e. The highest BCUT2D eigenvalue weighted by molar-refractivity contribution is 5.72. The molecule has 0 unspecified atom stereocenters. The molecule has 0 fully saturated rings. The fourth-order valence-corrected chi connectivity index (χ4v) is 0.854.